The average molecular weight is 351 g/mol. The van der Waals surface area contributed by atoms with Crippen molar-refractivity contribution in [3.63, 3.8) is 0 Å². The molecular weight excluding hydrogens is 330 g/mol. The van der Waals surface area contributed by atoms with Crippen LogP contribution in [0.1, 0.15) is 18.4 Å². The lowest BCUT2D eigenvalue weighted by atomic mass is 10.0. The lowest BCUT2D eigenvalue weighted by molar-refractivity contribution is -0.112. The van der Waals surface area contributed by atoms with Gasteiger partial charge in [0.05, 0.1) is 5.92 Å². The molecule has 1 amide bonds. The van der Waals surface area contributed by atoms with Gasteiger partial charge < -0.3 is 10.6 Å². The number of amides is 1. The molecule has 0 saturated carbocycles. The van der Waals surface area contributed by atoms with E-state index in [1.165, 1.54) is 11.8 Å². The van der Waals surface area contributed by atoms with Gasteiger partial charge in [-0.3, -0.25) is 19.1 Å². The molecule has 2 unspecified atom stereocenters. The highest BCUT2D eigenvalue weighted by molar-refractivity contribution is 7.98. The zero-order valence-electron chi connectivity index (χ0n) is 13.8. The quantitative estimate of drug-likeness (QED) is 0.600. The van der Waals surface area contributed by atoms with Crippen molar-refractivity contribution in [1.29, 1.82) is 0 Å². The number of nitrogens with two attached hydrogens (primary N) is 1. The van der Waals surface area contributed by atoms with Gasteiger partial charge in [-0.05, 0) is 26.0 Å². The van der Waals surface area contributed by atoms with Crippen molar-refractivity contribution in [2.75, 3.05) is 19.3 Å². The van der Waals surface area contributed by atoms with Crippen molar-refractivity contribution in [1.82, 2.24) is 14.5 Å². The summed E-state index contributed by atoms with van der Waals surface area (Å²) in [6.45, 7) is 3.77. The van der Waals surface area contributed by atoms with Gasteiger partial charge in [-0.2, -0.15) is 0 Å². The van der Waals surface area contributed by atoms with Crippen LogP contribution in [0.4, 0.5) is 0 Å². The monoisotopic (exact) mass is 351 g/mol. The number of aryl methyl sites for hydroxylation is 1. The summed E-state index contributed by atoms with van der Waals surface area (Å²) in [5.41, 5.74) is 6.09. The molecule has 0 aromatic carbocycles. The van der Waals surface area contributed by atoms with Crippen molar-refractivity contribution in [2.24, 2.45) is 16.8 Å². The maximum Gasteiger partial charge on any atom is 0.267 e. The lowest BCUT2D eigenvalue weighted by Crippen LogP contribution is -2.45. The lowest BCUT2D eigenvalue weighted by Gasteiger charge is -2.27. The number of oxime groups is 1. The van der Waals surface area contributed by atoms with E-state index in [0.29, 0.717) is 10.7 Å². The van der Waals surface area contributed by atoms with Crippen LogP contribution in [-0.4, -0.2) is 51.6 Å². The van der Waals surface area contributed by atoms with E-state index >= 15 is 0 Å². The molecule has 2 N–H and O–H groups in total. The van der Waals surface area contributed by atoms with E-state index < -0.39 is 5.91 Å². The first-order valence-electron chi connectivity index (χ1n) is 7.91. The molecule has 1 aromatic heterocycles. The van der Waals surface area contributed by atoms with Crippen LogP contribution in [0.25, 0.3) is 0 Å². The van der Waals surface area contributed by atoms with E-state index in [0.717, 1.165) is 25.9 Å². The first-order chi connectivity index (χ1) is 11.5. The van der Waals surface area contributed by atoms with Crippen LogP contribution in [0.15, 0.2) is 21.3 Å². The summed E-state index contributed by atoms with van der Waals surface area (Å²) >= 11 is 1.39. The predicted molar refractivity (Wildman–Crippen MR) is 90.8 cm³/mol. The third-order valence-corrected chi connectivity index (χ3v) is 5.14. The molecule has 0 bridgehead atoms. The summed E-state index contributed by atoms with van der Waals surface area (Å²) in [4.78, 5) is 36.3. The summed E-state index contributed by atoms with van der Waals surface area (Å²) in [7, 11) is 0. The fourth-order valence-corrected chi connectivity index (χ4v) is 3.74. The Morgan fingerprint density at radius 1 is 1.46 bits per heavy atom. The highest BCUT2D eigenvalue weighted by Gasteiger charge is 2.42. The van der Waals surface area contributed by atoms with E-state index in [2.05, 4.69) is 15.0 Å². The van der Waals surface area contributed by atoms with Gasteiger partial charge in [-0.25, -0.2) is 4.98 Å². The summed E-state index contributed by atoms with van der Waals surface area (Å²) in [6.07, 6.45) is 5.23. The molecule has 24 heavy (non-hydrogen) atoms. The maximum atomic E-state index is 12.5. The third kappa shape index (κ3) is 3.05. The Kier molecular flexibility index (Phi) is 4.91. The SMILES string of the molecule is CSc1ncc(C)c(=O)n1CC1C(C(N)=O)=NOC1N1CCCC1. The average Bonchev–Trinajstić information content (AvgIpc) is 3.21. The fraction of sp³-hybridized carbons (Fsp3) is 0.600. The summed E-state index contributed by atoms with van der Waals surface area (Å²) < 4.78 is 1.58. The molecule has 2 aliphatic rings. The molecule has 1 fully saturated rings. The Bertz CT molecular complexity index is 726. The molecule has 2 aliphatic heterocycles. The van der Waals surface area contributed by atoms with E-state index in [1.807, 2.05) is 6.26 Å². The summed E-state index contributed by atoms with van der Waals surface area (Å²) in [5, 5.41) is 4.50. The zero-order chi connectivity index (χ0) is 17.3. The van der Waals surface area contributed by atoms with Gasteiger partial charge in [0.1, 0.15) is 0 Å². The number of nitrogens with zero attached hydrogens (tertiary/aromatic N) is 4. The van der Waals surface area contributed by atoms with Gasteiger partial charge in [0, 0.05) is 31.4 Å². The van der Waals surface area contributed by atoms with Gasteiger partial charge >= 0.3 is 0 Å². The molecule has 0 spiro atoms. The highest BCUT2D eigenvalue weighted by Crippen LogP contribution is 2.27. The van der Waals surface area contributed by atoms with E-state index in [4.69, 9.17) is 10.6 Å². The molecule has 0 radical (unpaired) electrons. The smallest absolute Gasteiger partial charge is 0.267 e. The van der Waals surface area contributed by atoms with Crippen LogP contribution < -0.4 is 11.3 Å². The standard InChI is InChI=1S/C15H21N5O3S/c1-9-7-17-15(24-2)20(13(9)22)8-10-11(12(16)21)18-23-14(10)19-5-3-4-6-19/h7,10,14H,3-6,8H2,1-2H3,(H2,16,21). The van der Waals surface area contributed by atoms with Crippen molar-refractivity contribution in [3.8, 4) is 0 Å². The van der Waals surface area contributed by atoms with Crippen LogP contribution >= 0.6 is 11.8 Å². The summed E-state index contributed by atoms with van der Waals surface area (Å²) in [6, 6.07) is 0. The number of primary amides is 1. The second-order valence-corrected chi connectivity index (χ2v) is 6.80. The number of rotatable bonds is 5. The minimum absolute atomic E-state index is 0.120. The minimum atomic E-state index is -0.610. The van der Waals surface area contributed by atoms with Gasteiger partial charge in [0.25, 0.3) is 11.5 Å². The number of carbonyl (C=O) groups is 1. The van der Waals surface area contributed by atoms with Crippen molar-refractivity contribution in [3.05, 3.63) is 22.1 Å². The number of carbonyl (C=O) groups excluding carboxylic acids is 1. The predicted octanol–water partition coefficient (Wildman–Crippen LogP) is 0.183. The molecule has 2 atom stereocenters. The Hall–Kier alpha value is -1.87. The second-order valence-electron chi connectivity index (χ2n) is 6.03. The zero-order valence-corrected chi connectivity index (χ0v) is 14.6. The topological polar surface area (TPSA) is 103 Å². The number of likely N-dealkylation sites (tertiary alicyclic amines) is 1. The van der Waals surface area contributed by atoms with E-state index in [-0.39, 0.29) is 30.0 Å². The maximum absolute atomic E-state index is 12.5. The van der Waals surface area contributed by atoms with Gasteiger partial charge in [0.2, 0.25) is 0 Å². The number of aromatic nitrogens is 2. The number of hydrogen-bond donors (Lipinski definition) is 1. The van der Waals surface area contributed by atoms with Crippen LogP contribution in [0.5, 0.6) is 0 Å². The Morgan fingerprint density at radius 3 is 2.79 bits per heavy atom. The van der Waals surface area contributed by atoms with Gasteiger partial charge in [-0.15, -0.1) is 0 Å². The van der Waals surface area contributed by atoms with Crippen molar-refractivity contribution < 1.29 is 9.63 Å². The third-order valence-electron chi connectivity index (χ3n) is 4.45. The van der Waals surface area contributed by atoms with E-state index in [1.54, 1.807) is 17.7 Å². The first kappa shape index (κ1) is 17.0. The summed E-state index contributed by atoms with van der Waals surface area (Å²) in [5.74, 6) is -0.992. The normalized spacial score (nSPS) is 24.0. The molecule has 8 nitrogen and oxygen atoms in total. The molecule has 130 valence electrons. The van der Waals surface area contributed by atoms with Crippen molar-refractivity contribution in [2.45, 2.75) is 37.7 Å². The first-order valence-corrected chi connectivity index (χ1v) is 9.13. The Labute approximate surface area is 144 Å². The fourth-order valence-electron chi connectivity index (χ4n) is 3.21. The molecule has 3 rings (SSSR count). The largest absolute Gasteiger partial charge is 0.375 e. The van der Waals surface area contributed by atoms with Crippen LogP contribution in [0, 0.1) is 12.8 Å². The van der Waals surface area contributed by atoms with Crippen molar-refractivity contribution >= 4 is 23.4 Å². The number of hydrogen-bond acceptors (Lipinski definition) is 7. The van der Waals surface area contributed by atoms with Gasteiger partial charge in [-0.1, -0.05) is 16.9 Å². The molecule has 0 aliphatic carbocycles. The molecule has 1 aromatic rings. The Balaban J connectivity index is 1.95. The molecule has 1 saturated heterocycles. The van der Waals surface area contributed by atoms with Gasteiger partial charge in [0.15, 0.2) is 17.1 Å². The molecule has 9 heteroatoms. The molecule has 3 heterocycles. The van der Waals surface area contributed by atoms with Crippen LogP contribution in [0.3, 0.4) is 0 Å². The number of thioether (sulfide) groups is 1. The molecular formula is C15H21N5O3S. The van der Waals surface area contributed by atoms with Crippen LogP contribution in [-0.2, 0) is 16.2 Å². The highest BCUT2D eigenvalue weighted by atomic mass is 32.2. The van der Waals surface area contributed by atoms with E-state index in [9.17, 15) is 9.59 Å². The van der Waals surface area contributed by atoms with Crippen LogP contribution in [0.2, 0.25) is 0 Å². The second kappa shape index (κ2) is 6.94. The minimum Gasteiger partial charge on any atom is -0.375 e. The Morgan fingerprint density at radius 2 is 2.17 bits per heavy atom.